The van der Waals surface area contributed by atoms with Crippen molar-refractivity contribution >= 4 is 55.8 Å². The van der Waals surface area contributed by atoms with Gasteiger partial charge < -0.3 is 10.1 Å². The monoisotopic (exact) mass is 444 g/mol. The second-order valence-corrected chi connectivity index (χ2v) is 7.38. The molecule has 0 unspecified atom stereocenters. The molecule has 0 fully saturated rings. The summed E-state index contributed by atoms with van der Waals surface area (Å²) in [5.41, 5.74) is 0.507. The molecule has 0 saturated carbocycles. The number of carbonyl (C=O) groups is 3. The SMILES string of the molecule is O=C(NC(=O)c1ccsc1NC(=O)c1nc2cnccc2s1)OCCC(F)(F)F. The van der Waals surface area contributed by atoms with Crippen LogP contribution in [-0.4, -0.2) is 40.7 Å². The minimum absolute atomic E-state index is 0.0427. The van der Waals surface area contributed by atoms with Gasteiger partial charge in [-0.05, 0) is 17.5 Å². The first-order chi connectivity index (χ1) is 13.7. The molecule has 13 heteroatoms. The van der Waals surface area contributed by atoms with Crippen LogP contribution in [0.5, 0.6) is 0 Å². The van der Waals surface area contributed by atoms with Crippen molar-refractivity contribution in [1.82, 2.24) is 15.3 Å². The standard InChI is InChI=1S/C16H11F3N4O4S2/c17-16(18,19)3-5-27-15(26)23-11(24)8-2-6-28-13(8)22-12(25)14-21-9-7-20-4-1-10(9)29-14/h1-2,4,6-7H,3,5H2,(H,22,25)(H,23,24,26). The minimum Gasteiger partial charge on any atom is -0.449 e. The maximum absolute atomic E-state index is 12.4. The van der Waals surface area contributed by atoms with Crippen molar-refractivity contribution in [2.75, 3.05) is 11.9 Å². The van der Waals surface area contributed by atoms with Crippen LogP contribution in [0, 0.1) is 0 Å². The molecule has 0 aromatic carbocycles. The summed E-state index contributed by atoms with van der Waals surface area (Å²) in [6.45, 7) is -0.914. The lowest BCUT2D eigenvalue weighted by Gasteiger charge is -2.08. The number of nitrogens with one attached hydrogen (secondary N) is 2. The number of thiophene rings is 1. The van der Waals surface area contributed by atoms with Gasteiger partial charge in [0.1, 0.15) is 17.1 Å². The van der Waals surface area contributed by atoms with Gasteiger partial charge in [-0.3, -0.25) is 19.9 Å². The van der Waals surface area contributed by atoms with Crippen molar-refractivity contribution in [2.45, 2.75) is 12.6 Å². The molecule has 152 valence electrons. The Balaban J connectivity index is 1.61. The first-order valence-electron chi connectivity index (χ1n) is 7.87. The van der Waals surface area contributed by atoms with E-state index < -0.39 is 37.1 Å². The molecular formula is C16H11F3N4O4S2. The molecule has 0 atom stereocenters. The van der Waals surface area contributed by atoms with Gasteiger partial charge in [0.2, 0.25) is 0 Å². The van der Waals surface area contributed by atoms with Gasteiger partial charge in [-0.25, -0.2) is 9.78 Å². The van der Waals surface area contributed by atoms with Crippen molar-refractivity contribution in [3.8, 4) is 0 Å². The number of imide groups is 1. The van der Waals surface area contributed by atoms with Crippen LogP contribution < -0.4 is 10.6 Å². The molecule has 0 aliphatic heterocycles. The molecule has 3 rings (SSSR count). The summed E-state index contributed by atoms with van der Waals surface area (Å²) in [5, 5.41) is 6.14. The number of hydrogen-bond donors (Lipinski definition) is 2. The number of ether oxygens (including phenoxy) is 1. The summed E-state index contributed by atoms with van der Waals surface area (Å²) in [6, 6.07) is 3.05. The number of fused-ring (bicyclic) bond motifs is 1. The lowest BCUT2D eigenvalue weighted by Crippen LogP contribution is -2.32. The first kappa shape index (κ1) is 20.7. The number of anilines is 1. The smallest absolute Gasteiger partial charge is 0.414 e. The summed E-state index contributed by atoms with van der Waals surface area (Å²) in [4.78, 5) is 44.1. The maximum Gasteiger partial charge on any atom is 0.414 e. The van der Waals surface area contributed by atoms with Gasteiger partial charge in [0.15, 0.2) is 5.01 Å². The van der Waals surface area contributed by atoms with Gasteiger partial charge in [0.05, 0.1) is 22.9 Å². The molecule has 0 saturated heterocycles. The molecule has 0 bridgehead atoms. The minimum atomic E-state index is -4.48. The highest BCUT2D eigenvalue weighted by atomic mass is 32.1. The lowest BCUT2D eigenvalue weighted by atomic mass is 10.3. The summed E-state index contributed by atoms with van der Waals surface area (Å²) < 4.78 is 41.2. The zero-order valence-corrected chi connectivity index (χ0v) is 15.9. The topological polar surface area (TPSA) is 110 Å². The molecule has 0 spiro atoms. The number of pyridine rings is 1. The van der Waals surface area contributed by atoms with Crippen molar-refractivity contribution < 1.29 is 32.3 Å². The predicted molar refractivity (Wildman–Crippen MR) is 99.2 cm³/mol. The van der Waals surface area contributed by atoms with Crippen LogP contribution in [0.15, 0.2) is 29.9 Å². The van der Waals surface area contributed by atoms with E-state index >= 15 is 0 Å². The summed E-state index contributed by atoms with van der Waals surface area (Å²) >= 11 is 2.17. The molecule has 0 aliphatic rings. The molecule has 8 nitrogen and oxygen atoms in total. The molecule has 0 radical (unpaired) electrons. The van der Waals surface area contributed by atoms with Crippen molar-refractivity contribution in [3.63, 3.8) is 0 Å². The largest absolute Gasteiger partial charge is 0.449 e. The number of nitrogens with zero attached hydrogens (tertiary/aromatic N) is 2. The van der Waals surface area contributed by atoms with E-state index in [4.69, 9.17) is 0 Å². The average Bonchev–Trinajstić information content (AvgIpc) is 3.26. The van der Waals surface area contributed by atoms with Crippen LogP contribution in [0.4, 0.5) is 23.0 Å². The van der Waals surface area contributed by atoms with Gasteiger partial charge >= 0.3 is 12.3 Å². The van der Waals surface area contributed by atoms with E-state index in [0.717, 1.165) is 27.4 Å². The van der Waals surface area contributed by atoms with Crippen LogP contribution in [0.1, 0.15) is 26.6 Å². The number of amides is 3. The van der Waals surface area contributed by atoms with Gasteiger partial charge in [-0.15, -0.1) is 22.7 Å². The number of hydrogen-bond acceptors (Lipinski definition) is 8. The van der Waals surface area contributed by atoms with Gasteiger partial charge in [0, 0.05) is 6.20 Å². The van der Waals surface area contributed by atoms with Crippen molar-refractivity contribution in [1.29, 1.82) is 0 Å². The Morgan fingerprint density at radius 2 is 1.97 bits per heavy atom. The van der Waals surface area contributed by atoms with Gasteiger partial charge in [-0.1, -0.05) is 0 Å². The van der Waals surface area contributed by atoms with Crippen LogP contribution >= 0.6 is 22.7 Å². The van der Waals surface area contributed by atoms with E-state index in [0.29, 0.717) is 5.52 Å². The molecular weight excluding hydrogens is 433 g/mol. The number of alkyl carbamates (subject to hydrolysis) is 1. The Morgan fingerprint density at radius 3 is 2.69 bits per heavy atom. The summed E-state index contributed by atoms with van der Waals surface area (Å²) in [7, 11) is 0. The summed E-state index contributed by atoms with van der Waals surface area (Å²) in [6.07, 6.45) is -4.05. The first-order valence-corrected chi connectivity index (χ1v) is 9.57. The Hall–Kier alpha value is -3.06. The van der Waals surface area contributed by atoms with Gasteiger partial charge in [0.25, 0.3) is 11.8 Å². The maximum atomic E-state index is 12.4. The van der Waals surface area contributed by atoms with Crippen LogP contribution in [0.2, 0.25) is 0 Å². The van der Waals surface area contributed by atoms with Crippen LogP contribution in [0.25, 0.3) is 10.2 Å². The Bertz CT molecular complexity index is 1030. The highest BCUT2D eigenvalue weighted by molar-refractivity contribution is 7.20. The van der Waals surface area contributed by atoms with Crippen LogP contribution in [-0.2, 0) is 4.74 Å². The van der Waals surface area contributed by atoms with E-state index in [1.54, 1.807) is 12.3 Å². The third-order valence-corrected chi connectivity index (χ3v) is 5.22. The van der Waals surface area contributed by atoms with E-state index in [9.17, 15) is 27.6 Å². The number of alkyl halides is 3. The van der Waals surface area contributed by atoms with Crippen molar-refractivity contribution in [2.24, 2.45) is 0 Å². The van der Waals surface area contributed by atoms with E-state index in [2.05, 4.69) is 20.0 Å². The lowest BCUT2D eigenvalue weighted by molar-refractivity contribution is -0.141. The zero-order valence-electron chi connectivity index (χ0n) is 14.3. The molecule has 3 aromatic heterocycles. The molecule has 0 aliphatic carbocycles. The fourth-order valence-electron chi connectivity index (χ4n) is 2.07. The van der Waals surface area contributed by atoms with E-state index in [-0.39, 0.29) is 15.6 Å². The average molecular weight is 444 g/mol. The molecule has 3 aromatic rings. The number of aromatic nitrogens is 2. The highest BCUT2D eigenvalue weighted by Gasteiger charge is 2.27. The number of carbonyl (C=O) groups excluding carboxylic acids is 3. The third kappa shape index (κ3) is 5.48. The molecule has 29 heavy (non-hydrogen) atoms. The Labute approximate surface area is 168 Å². The number of halogens is 3. The molecule has 3 heterocycles. The molecule has 2 N–H and O–H groups in total. The second-order valence-electron chi connectivity index (χ2n) is 5.44. The van der Waals surface area contributed by atoms with E-state index in [1.807, 2.05) is 5.32 Å². The zero-order chi connectivity index (χ0) is 21.0. The van der Waals surface area contributed by atoms with E-state index in [1.165, 1.54) is 17.6 Å². The molecule has 3 amide bonds. The Morgan fingerprint density at radius 1 is 1.17 bits per heavy atom. The predicted octanol–water partition coefficient (Wildman–Crippen LogP) is 3.82. The highest BCUT2D eigenvalue weighted by Crippen LogP contribution is 2.26. The number of thiazole rings is 1. The van der Waals surface area contributed by atoms with Gasteiger partial charge in [-0.2, -0.15) is 13.2 Å². The second kappa shape index (κ2) is 8.53. The fourth-order valence-corrected chi connectivity index (χ4v) is 3.68. The summed E-state index contributed by atoms with van der Waals surface area (Å²) in [5.74, 6) is -1.48. The quantitative estimate of drug-likeness (QED) is 0.619. The third-order valence-electron chi connectivity index (χ3n) is 3.36. The normalized spacial score (nSPS) is 11.3. The number of rotatable bonds is 5. The van der Waals surface area contributed by atoms with Crippen molar-refractivity contribution in [3.05, 3.63) is 40.5 Å². The van der Waals surface area contributed by atoms with Crippen LogP contribution in [0.3, 0.4) is 0 Å². The Kier molecular flexibility index (Phi) is 6.08. The fraction of sp³-hybridized carbons (Fsp3) is 0.188.